The van der Waals surface area contributed by atoms with Crippen molar-refractivity contribution in [2.75, 3.05) is 4.90 Å². The van der Waals surface area contributed by atoms with Crippen molar-refractivity contribution in [2.24, 2.45) is 0 Å². The van der Waals surface area contributed by atoms with Crippen molar-refractivity contribution < 1.29 is 0 Å². The van der Waals surface area contributed by atoms with Crippen molar-refractivity contribution in [1.82, 2.24) is 0 Å². The van der Waals surface area contributed by atoms with Crippen molar-refractivity contribution in [2.45, 2.75) is 31.6 Å². The Morgan fingerprint density at radius 3 is 2.68 bits per heavy atom. The van der Waals surface area contributed by atoms with Gasteiger partial charge in [-0.05, 0) is 49.1 Å². The molecule has 0 amide bonds. The van der Waals surface area contributed by atoms with Gasteiger partial charge in [-0.3, -0.25) is 0 Å². The van der Waals surface area contributed by atoms with Gasteiger partial charge in [-0.1, -0.05) is 46.3 Å². The van der Waals surface area contributed by atoms with Crippen LogP contribution in [0.5, 0.6) is 0 Å². The second kappa shape index (κ2) is 5.01. The second-order valence-electron chi connectivity index (χ2n) is 5.31. The first kappa shape index (κ1) is 12.7. The molecule has 0 aliphatic carbocycles. The van der Waals surface area contributed by atoms with Crippen LogP contribution in [0.1, 0.15) is 23.6 Å². The number of nitrogens with zero attached hydrogens (tertiary/aromatic N) is 1. The van der Waals surface area contributed by atoms with Crippen LogP contribution >= 0.6 is 15.9 Å². The van der Waals surface area contributed by atoms with Crippen LogP contribution in [0.3, 0.4) is 0 Å². The molecular formula is C17H18BrN. The normalized spacial score (nSPS) is 17.6. The van der Waals surface area contributed by atoms with E-state index in [-0.39, 0.29) is 0 Å². The van der Waals surface area contributed by atoms with E-state index in [4.69, 9.17) is 0 Å². The Morgan fingerprint density at radius 1 is 1.16 bits per heavy atom. The number of aryl methyl sites for hydroxylation is 1. The van der Waals surface area contributed by atoms with Crippen LogP contribution in [0.4, 0.5) is 11.4 Å². The van der Waals surface area contributed by atoms with Gasteiger partial charge in [-0.25, -0.2) is 0 Å². The molecule has 2 aromatic rings. The van der Waals surface area contributed by atoms with E-state index in [2.05, 4.69) is 77.1 Å². The molecule has 0 radical (unpaired) electrons. The largest absolute Gasteiger partial charge is 0.338 e. The van der Waals surface area contributed by atoms with Crippen LogP contribution in [-0.4, -0.2) is 6.04 Å². The first-order valence-corrected chi connectivity index (χ1v) is 7.85. The third kappa shape index (κ3) is 2.18. The van der Waals surface area contributed by atoms with Gasteiger partial charge in [0.1, 0.15) is 0 Å². The number of anilines is 2. The van der Waals surface area contributed by atoms with Crippen molar-refractivity contribution in [3.05, 3.63) is 59.2 Å². The molecule has 19 heavy (non-hydrogen) atoms. The lowest BCUT2D eigenvalue weighted by Crippen LogP contribution is -2.24. The number of para-hydroxylation sites is 1. The average molecular weight is 316 g/mol. The standard InChI is InChI=1S/C17H18BrN/c1-12-9-14(11-18)7-8-16(12)19-13(2)10-15-5-3-4-6-17(15)19/h3-9,13H,10-11H2,1-2H3. The Labute approximate surface area is 123 Å². The highest BCUT2D eigenvalue weighted by atomic mass is 79.9. The van der Waals surface area contributed by atoms with E-state index in [1.807, 2.05) is 0 Å². The minimum Gasteiger partial charge on any atom is -0.338 e. The molecule has 3 rings (SSSR count). The molecule has 1 nitrogen and oxygen atoms in total. The second-order valence-corrected chi connectivity index (χ2v) is 5.87. The zero-order chi connectivity index (χ0) is 13.4. The van der Waals surface area contributed by atoms with Crippen LogP contribution < -0.4 is 4.90 Å². The maximum absolute atomic E-state index is 3.52. The van der Waals surface area contributed by atoms with E-state index in [1.165, 1.54) is 28.1 Å². The van der Waals surface area contributed by atoms with Crippen LogP contribution in [0.2, 0.25) is 0 Å². The minimum atomic E-state index is 0.533. The number of hydrogen-bond acceptors (Lipinski definition) is 1. The van der Waals surface area contributed by atoms with Crippen molar-refractivity contribution in [3.8, 4) is 0 Å². The van der Waals surface area contributed by atoms with Crippen molar-refractivity contribution in [3.63, 3.8) is 0 Å². The van der Waals surface area contributed by atoms with Crippen LogP contribution in [0.15, 0.2) is 42.5 Å². The number of halogens is 1. The number of benzene rings is 2. The van der Waals surface area contributed by atoms with E-state index in [0.717, 1.165) is 11.8 Å². The quantitative estimate of drug-likeness (QED) is 0.707. The first-order chi connectivity index (χ1) is 9.20. The summed E-state index contributed by atoms with van der Waals surface area (Å²) >= 11 is 3.52. The van der Waals surface area contributed by atoms with Gasteiger partial charge in [0.25, 0.3) is 0 Å². The van der Waals surface area contributed by atoms with Gasteiger partial charge >= 0.3 is 0 Å². The average Bonchev–Trinajstić information content (AvgIpc) is 2.75. The zero-order valence-electron chi connectivity index (χ0n) is 11.4. The highest BCUT2D eigenvalue weighted by Gasteiger charge is 2.27. The van der Waals surface area contributed by atoms with Crippen LogP contribution in [0, 0.1) is 6.92 Å². The van der Waals surface area contributed by atoms with Gasteiger partial charge in [-0.2, -0.15) is 0 Å². The highest BCUT2D eigenvalue weighted by Crippen LogP contribution is 2.39. The highest BCUT2D eigenvalue weighted by molar-refractivity contribution is 9.08. The third-order valence-electron chi connectivity index (χ3n) is 3.88. The molecule has 1 atom stereocenters. The van der Waals surface area contributed by atoms with Crippen molar-refractivity contribution in [1.29, 1.82) is 0 Å². The molecule has 0 spiro atoms. The molecule has 1 heterocycles. The number of hydrogen-bond donors (Lipinski definition) is 0. The minimum absolute atomic E-state index is 0.533. The van der Waals surface area contributed by atoms with E-state index in [1.54, 1.807) is 0 Å². The smallest absolute Gasteiger partial charge is 0.0446 e. The molecule has 0 N–H and O–H groups in total. The van der Waals surface area contributed by atoms with Gasteiger partial charge in [0.2, 0.25) is 0 Å². The first-order valence-electron chi connectivity index (χ1n) is 6.73. The van der Waals surface area contributed by atoms with E-state index in [9.17, 15) is 0 Å². The number of rotatable bonds is 2. The molecular weight excluding hydrogens is 298 g/mol. The fourth-order valence-electron chi connectivity index (χ4n) is 3.00. The molecule has 1 aliphatic rings. The van der Waals surface area contributed by atoms with E-state index in [0.29, 0.717) is 6.04 Å². The number of alkyl halides is 1. The molecule has 0 bridgehead atoms. The summed E-state index contributed by atoms with van der Waals surface area (Å²) in [7, 11) is 0. The van der Waals surface area contributed by atoms with Crippen molar-refractivity contribution >= 4 is 27.3 Å². The molecule has 1 aliphatic heterocycles. The predicted molar refractivity (Wildman–Crippen MR) is 85.6 cm³/mol. The monoisotopic (exact) mass is 315 g/mol. The molecule has 0 fully saturated rings. The summed E-state index contributed by atoms with van der Waals surface area (Å²) in [5.41, 5.74) is 6.84. The van der Waals surface area contributed by atoms with E-state index >= 15 is 0 Å². The third-order valence-corrected chi connectivity index (χ3v) is 4.53. The van der Waals surface area contributed by atoms with Gasteiger partial charge < -0.3 is 4.90 Å². The summed E-state index contributed by atoms with van der Waals surface area (Å²) in [5, 5.41) is 0.917. The van der Waals surface area contributed by atoms with Gasteiger partial charge in [0.05, 0.1) is 0 Å². The summed E-state index contributed by atoms with van der Waals surface area (Å²) in [6.07, 6.45) is 1.13. The fourth-order valence-corrected chi connectivity index (χ4v) is 3.35. The van der Waals surface area contributed by atoms with Gasteiger partial charge in [0, 0.05) is 22.7 Å². The Kier molecular flexibility index (Phi) is 3.36. The molecule has 1 unspecified atom stereocenters. The lowest BCUT2D eigenvalue weighted by molar-refractivity contribution is 0.757. The summed E-state index contributed by atoms with van der Waals surface area (Å²) in [4.78, 5) is 2.47. The summed E-state index contributed by atoms with van der Waals surface area (Å²) < 4.78 is 0. The predicted octanol–water partition coefficient (Wildman–Crippen LogP) is 4.97. The molecule has 0 aromatic heterocycles. The SMILES string of the molecule is Cc1cc(CBr)ccc1N1c2ccccc2CC1C. The molecule has 0 saturated heterocycles. The fraction of sp³-hybridized carbons (Fsp3) is 0.294. The maximum Gasteiger partial charge on any atom is 0.0446 e. The van der Waals surface area contributed by atoms with E-state index < -0.39 is 0 Å². The Balaban J connectivity index is 2.07. The summed E-state index contributed by atoms with van der Waals surface area (Å²) in [5.74, 6) is 0. The van der Waals surface area contributed by atoms with Gasteiger partial charge in [-0.15, -0.1) is 0 Å². The molecule has 2 aromatic carbocycles. The molecule has 98 valence electrons. The number of fused-ring (bicyclic) bond motifs is 1. The maximum atomic E-state index is 3.52. The lowest BCUT2D eigenvalue weighted by Gasteiger charge is -2.27. The van der Waals surface area contributed by atoms with Crippen LogP contribution in [0.25, 0.3) is 0 Å². The van der Waals surface area contributed by atoms with Gasteiger partial charge in [0.15, 0.2) is 0 Å². The topological polar surface area (TPSA) is 3.24 Å². The molecule has 0 saturated carbocycles. The summed E-state index contributed by atoms with van der Waals surface area (Å²) in [6.45, 7) is 4.51. The Hall–Kier alpha value is -1.28. The van der Waals surface area contributed by atoms with Crippen LogP contribution in [-0.2, 0) is 11.8 Å². The zero-order valence-corrected chi connectivity index (χ0v) is 12.9. The lowest BCUT2D eigenvalue weighted by atomic mass is 10.1. The summed E-state index contributed by atoms with van der Waals surface area (Å²) in [6, 6.07) is 16.0. The molecule has 2 heteroatoms. The Bertz CT molecular complexity index is 606. The Morgan fingerprint density at radius 2 is 1.95 bits per heavy atom.